The maximum Gasteiger partial charge on any atom is 0.101 e. The van der Waals surface area contributed by atoms with Gasteiger partial charge in [-0.1, -0.05) is 35.9 Å². The van der Waals surface area contributed by atoms with Crippen LogP contribution in [0.2, 0.25) is 0 Å². The van der Waals surface area contributed by atoms with Crippen LogP contribution in [0.15, 0.2) is 41.7 Å². The van der Waals surface area contributed by atoms with E-state index in [9.17, 15) is 0 Å². The van der Waals surface area contributed by atoms with Gasteiger partial charge in [-0.25, -0.2) is 0 Å². The summed E-state index contributed by atoms with van der Waals surface area (Å²) in [5, 5.41) is 0. The number of rotatable bonds is 1. The van der Waals surface area contributed by atoms with Gasteiger partial charge in [-0.15, -0.1) is 0 Å². The van der Waals surface area contributed by atoms with Gasteiger partial charge >= 0.3 is 0 Å². The number of fused-ring (bicyclic) bond motifs is 1. The molecule has 84 valence electrons. The molecule has 0 amide bonds. The van der Waals surface area contributed by atoms with Crippen LogP contribution in [0.5, 0.6) is 0 Å². The van der Waals surface area contributed by atoms with Crippen molar-refractivity contribution in [3.05, 3.63) is 52.8 Å². The number of hydrogen-bond acceptors (Lipinski definition) is 1. The Morgan fingerprint density at radius 1 is 1.25 bits per heavy atom. The second-order valence-electron chi connectivity index (χ2n) is 4.45. The Hall–Kier alpha value is -1.50. The third-order valence-corrected chi connectivity index (χ3v) is 2.81. The van der Waals surface area contributed by atoms with E-state index >= 15 is 0 Å². The second-order valence-corrected chi connectivity index (χ2v) is 4.45. The van der Waals surface area contributed by atoms with E-state index in [1.54, 1.807) is 0 Å². The minimum atomic E-state index is 0.781. The van der Waals surface area contributed by atoms with Crippen LogP contribution < -0.4 is 0 Å². The minimum Gasteiger partial charge on any atom is -0.497 e. The average molecular weight is 214 g/mol. The van der Waals surface area contributed by atoms with Gasteiger partial charge in [0.1, 0.15) is 5.76 Å². The molecule has 0 bridgehead atoms. The summed E-state index contributed by atoms with van der Waals surface area (Å²) in [7, 11) is 0. The number of hydrogen-bond donors (Lipinski definition) is 0. The van der Waals surface area contributed by atoms with Crippen LogP contribution in [0.25, 0.3) is 5.57 Å². The average Bonchev–Trinajstić information content (AvgIpc) is 2.40. The van der Waals surface area contributed by atoms with Crippen LogP contribution in [0.4, 0.5) is 0 Å². The maximum atomic E-state index is 5.73. The van der Waals surface area contributed by atoms with Crippen molar-refractivity contribution in [2.75, 3.05) is 6.61 Å². The lowest BCUT2D eigenvalue weighted by Gasteiger charge is -2.08. The lowest BCUT2D eigenvalue weighted by Crippen LogP contribution is -1.93. The van der Waals surface area contributed by atoms with E-state index in [1.165, 1.54) is 22.3 Å². The van der Waals surface area contributed by atoms with E-state index in [-0.39, 0.29) is 0 Å². The number of benzene rings is 1. The molecule has 1 aromatic rings. The first-order valence-corrected chi connectivity index (χ1v) is 5.75. The molecule has 0 atom stereocenters. The van der Waals surface area contributed by atoms with Gasteiger partial charge < -0.3 is 4.74 Å². The summed E-state index contributed by atoms with van der Waals surface area (Å²) in [6.07, 6.45) is 3.20. The third kappa shape index (κ3) is 2.19. The Balaban J connectivity index is 2.58. The monoisotopic (exact) mass is 214 g/mol. The van der Waals surface area contributed by atoms with Crippen molar-refractivity contribution in [2.24, 2.45) is 0 Å². The van der Waals surface area contributed by atoms with Crippen molar-refractivity contribution in [1.29, 1.82) is 0 Å². The Morgan fingerprint density at radius 2 is 2.00 bits per heavy atom. The van der Waals surface area contributed by atoms with Crippen molar-refractivity contribution in [3.63, 3.8) is 0 Å². The van der Waals surface area contributed by atoms with Crippen LogP contribution in [0.3, 0.4) is 0 Å². The summed E-state index contributed by atoms with van der Waals surface area (Å²) in [5.74, 6) is 1.03. The summed E-state index contributed by atoms with van der Waals surface area (Å²) in [6.45, 7) is 7.07. The zero-order chi connectivity index (χ0) is 11.5. The molecule has 0 fully saturated rings. The van der Waals surface area contributed by atoms with Crippen LogP contribution in [0, 0.1) is 0 Å². The van der Waals surface area contributed by atoms with Crippen molar-refractivity contribution >= 4 is 5.57 Å². The lowest BCUT2D eigenvalue weighted by molar-refractivity contribution is 0.222. The van der Waals surface area contributed by atoms with Gasteiger partial charge in [-0.05, 0) is 31.9 Å². The van der Waals surface area contributed by atoms with E-state index in [0.29, 0.717) is 0 Å². The molecule has 1 aliphatic rings. The van der Waals surface area contributed by atoms with Crippen LogP contribution in [0.1, 0.15) is 31.9 Å². The lowest BCUT2D eigenvalue weighted by atomic mass is 9.96. The molecule has 1 heteroatoms. The summed E-state index contributed by atoms with van der Waals surface area (Å²) in [4.78, 5) is 0. The SMILES string of the molecule is CC(C)=CC1=C(C)OCCc2ccccc21. The standard InChI is InChI=1S/C15H18O/c1-11(2)10-15-12(3)16-9-8-13-6-4-5-7-14(13)15/h4-7,10H,8-9H2,1-3H3. The third-order valence-electron chi connectivity index (χ3n) is 2.81. The molecule has 1 aromatic carbocycles. The molecule has 1 aliphatic heterocycles. The molecule has 0 unspecified atom stereocenters. The molecule has 0 saturated heterocycles. The zero-order valence-electron chi connectivity index (χ0n) is 10.2. The number of ether oxygens (including phenoxy) is 1. The fourth-order valence-corrected chi connectivity index (χ4v) is 2.05. The normalized spacial score (nSPS) is 14.9. The van der Waals surface area contributed by atoms with Gasteiger partial charge in [-0.2, -0.15) is 0 Å². The smallest absolute Gasteiger partial charge is 0.101 e. The Kier molecular flexibility index (Phi) is 3.14. The minimum absolute atomic E-state index is 0.781. The van der Waals surface area contributed by atoms with Gasteiger partial charge in [0.15, 0.2) is 0 Å². The van der Waals surface area contributed by atoms with Gasteiger partial charge in [0, 0.05) is 12.0 Å². The fourth-order valence-electron chi connectivity index (χ4n) is 2.05. The van der Waals surface area contributed by atoms with E-state index in [4.69, 9.17) is 4.74 Å². The Labute approximate surface area is 97.4 Å². The van der Waals surface area contributed by atoms with Gasteiger partial charge in [0.05, 0.1) is 6.61 Å². The predicted octanol–water partition coefficient (Wildman–Crippen LogP) is 3.96. The second kappa shape index (κ2) is 4.56. The molecule has 0 aromatic heterocycles. The highest BCUT2D eigenvalue weighted by Gasteiger charge is 2.13. The summed E-state index contributed by atoms with van der Waals surface area (Å²) < 4.78 is 5.73. The molecule has 16 heavy (non-hydrogen) atoms. The van der Waals surface area contributed by atoms with Gasteiger partial charge in [0.2, 0.25) is 0 Å². The topological polar surface area (TPSA) is 9.23 Å². The van der Waals surface area contributed by atoms with E-state index in [2.05, 4.69) is 51.1 Å². The Bertz CT molecular complexity index is 448. The zero-order valence-corrected chi connectivity index (χ0v) is 10.2. The van der Waals surface area contributed by atoms with Gasteiger partial charge in [0.25, 0.3) is 0 Å². The molecule has 0 spiro atoms. The first kappa shape index (κ1) is 11.0. The van der Waals surface area contributed by atoms with Crippen LogP contribution >= 0.6 is 0 Å². The molecule has 2 rings (SSSR count). The van der Waals surface area contributed by atoms with Crippen molar-refractivity contribution in [1.82, 2.24) is 0 Å². The Morgan fingerprint density at radius 3 is 2.75 bits per heavy atom. The molecular formula is C15H18O. The largest absolute Gasteiger partial charge is 0.497 e. The molecule has 0 radical (unpaired) electrons. The summed E-state index contributed by atoms with van der Waals surface area (Å²) >= 11 is 0. The molecule has 1 nitrogen and oxygen atoms in total. The number of allylic oxidation sites excluding steroid dienone is 4. The molecule has 0 aliphatic carbocycles. The molecular weight excluding hydrogens is 196 g/mol. The van der Waals surface area contributed by atoms with E-state index < -0.39 is 0 Å². The van der Waals surface area contributed by atoms with Crippen LogP contribution in [-0.2, 0) is 11.2 Å². The van der Waals surface area contributed by atoms with Crippen molar-refractivity contribution in [2.45, 2.75) is 27.2 Å². The molecule has 0 saturated carbocycles. The van der Waals surface area contributed by atoms with E-state index in [0.717, 1.165) is 18.8 Å². The first-order valence-electron chi connectivity index (χ1n) is 5.75. The van der Waals surface area contributed by atoms with Crippen molar-refractivity contribution in [3.8, 4) is 0 Å². The summed E-state index contributed by atoms with van der Waals surface area (Å²) in [5.41, 5.74) is 5.23. The molecule has 0 N–H and O–H groups in total. The van der Waals surface area contributed by atoms with E-state index in [1.807, 2.05) is 0 Å². The van der Waals surface area contributed by atoms with Gasteiger partial charge in [-0.3, -0.25) is 0 Å². The predicted molar refractivity (Wildman–Crippen MR) is 68.1 cm³/mol. The molecule has 1 heterocycles. The summed E-state index contributed by atoms with van der Waals surface area (Å²) in [6, 6.07) is 8.56. The quantitative estimate of drug-likeness (QED) is 0.687. The fraction of sp³-hybridized carbons (Fsp3) is 0.333. The highest BCUT2D eigenvalue weighted by Crippen LogP contribution is 2.28. The highest BCUT2D eigenvalue weighted by atomic mass is 16.5. The highest BCUT2D eigenvalue weighted by molar-refractivity contribution is 5.78. The first-order chi connectivity index (χ1) is 7.68. The van der Waals surface area contributed by atoms with Crippen molar-refractivity contribution < 1.29 is 4.74 Å². The maximum absolute atomic E-state index is 5.73. The van der Waals surface area contributed by atoms with Crippen LogP contribution in [-0.4, -0.2) is 6.61 Å².